The molecule has 6 heterocycles. The van der Waals surface area contributed by atoms with Gasteiger partial charge in [-0.05, 0) is 124 Å². The fraction of sp³-hybridized carbons (Fsp3) is 0.0114. The highest BCUT2D eigenvalue weighted by Crippen LogP contribution is 2.46. The van der Waals surface area contributed by atoms with Crippen LogP contribution in [0.25, 0.3) is 211 Å². The molecule has 97 heavy (non-hydrogen) atoms. The van der Waals surface area contributed by atoms with Gasteiger partial charge in [0.2, 0.25) is 0 Å². The molecule has 9 nitrogen and oxygen atoms in total. The van der Waals surface area contributed by atoms with Crippen LogP contribution in [0.2, 0.25) is 0 Å². The van der Waals surface area contributed by atoms with Gasteiger partial charge in [0.05, 0.1) is 11.4 Å². The van der Waals surface area contributed by atoms with Gasteiger partial charge in [-0.2, -0.15) is 0 Å². The highest BCUT2D eigenvalue weighted by atomic mass is 16.3. The van der Waals surface area contributed by atoms with E-state index < -0.39 is 0 Å². The van der Waals surface area contributed by atoms with Crippen LogP contribution in [0.15, 0.2) is 309 Å². The Morgan fingerprint density at radius 2 is 0.660 bits per heavy atom. The fourth-order valence-electron chi connectivity index (χ4n) is 14.6. The van der Waals surface area contributed by atoms with Crippen molar-refractivity contribution in [2.45, 2.75) is 6.92 Å². The lowest BCUT2D eigenvalue weighted by Crippen LogP contribution is -2.01. The van der Waals surface area contributed by atoms with Crippen molar-refractivity contribution in [3.63, 3.8) is 0 Å². The lowest BCUT2D eigenvalue weighted by molar-refractivity contribution is 0.667. The maximum absolute atomic E-state index is 6.72. The third-order valence-corrected chi connectivity index (χ3v) is 19.3. The predicted molar refractivity (Wildman–Crippen MR) is 393 cm³/mol. The lowest BCUT2D eigenvalue weighted by Gasteiger charge is -2.15. The number of aromatic nitrogens is 5. The van der Waals surface area contributed by atoms with Gasteiger partial charge in [-0.15, -0.1) is 0 Å². The number of nitrogens with zero attached hydrogens (tertiary/aromatic N) is 5. The van der Waals surface area contributed by atoms with Gasteiger partial charge >= 0.3 is 0 Å². The standard InChI is InChI=1S/C88H51N5O4/c1-50-81(52-17-4-2-5-18-52)89-88(72-47-62(49-78-80(72)69-23-10-13-31-75(69)94-78)64-25-15-27-68-66-22-9-12-30-74(66)97-84(64)68)90-82(50)59-39-38-55-43-54(36-37-56(55)44-59)57-35-33-51-34-40-60(46-61(51)45-57)86-91-85(53-19-6-3-7-20-53)92-87(93-86)71-28-16-32-76-79(71)70-42-41-58(48-77(70)95-76)63-24-14-26-67-65-21-8-11-29-73(65)96-83(63)67/h2-49H,1H3. The highest BCUT2D eigenvalue weighted by molar-refractivity contribution is 6.17. The van der Waals surface area contributed by atoms with Crippen LogP contribution in [-0.4, -0.2) is 24.9 Å². The minimum absolute atomic E-state index is 0.553. The van der Waals surface area contributed by atoms with Gasteiger partial charge in [-0.3, -0.25) is 0 Å². The van der Waals surface area contributed by atoms with Crippen LogP contribution in [0.5, 0.6) is 0 Å². The number of hydrogen-bond acceptors (Lipinski definition) is 9. The molecular weight excluding hydrogens is 1190 g/mol. The maximum atomic E-state index is 6.72. The van der Waals surface area contributed by atoms with E-state index in [1.165, 1.54) is 0 Å². The lowest BCUT2D eigenvalue weighted by atomic mass is 9.94. The second kappa shape index (κ2) is 21.5. The molecule has 14 aromatic carbocycles. The molecule has 0 atom stereocenters. The van der Waals surface area contributed by atoms with Crippen LogP contribution >= 0.6 is 0 Å². The molecule has 0 bridgehead atoms. The molecule has 0 N–H and O–H groups in total. The molecule has 0 amide bonds. The Labute approximate surface area is 553 Å². The van der Waals surface area contributed by atoms with Crippen molar-refractivity contribution in [1.29, 1.82) is 0 Å². The Balaban J connectivity index is 0.666. The molecule has 0 aliphatic rings. The molecule has 6 aromatic heterocycles. The molecule has 20 rings (SSSR count). The zero-order valence-corrected chi connectivity index (χ0v) is 52.1. The van der Waals surface area contributed by atoms with E-state index in [0.717, 1.165) is 193 Å². The second-order valence-electron chi connectivity index (χ2n) is 25.0. The first-order valence-corrected chi connectivity index (χ1v) is 32.5. The van der Waals surface area contributed by atoms with Crippen molar-refractivity contribution in [3.8, 4) is 101 Å². The van der Waals surface area contributed by atoms with Crippen LogP contribution in [-0.2, 0) is 0 Å². The average molecular weight is 1240 g/mol. The topological polar surface area (TPSA) is 117 Å². The van der Waals surface area contributed by atoms with Gasteiger partial charge in [0.25, 0.3) is 0 Å². The fourth-order valence-corrected chi connectivity index (χ4v) is 14.6. The summed E-state index contributed by atoms with van der Waals surface area (Å²) in [6.45, 7) is 2.13. The van der Waals surface area contributed by atoms with E-state index in [-0.39, 0.29) is 0 Å². The first-order valence-electron chi connectivity index (χ1n) is 32.5. The van der Waals surface area contributed by atoms with Crippen LogP contribution < -0.4 is 0 Å². The van der Waals surface area contributed by atoms with Crippen LogP contribution in [0.1, 0.15) is 5.56 Å². The number of furan rings is 4. The molecule has 20 aromatic rings. The van der Waals surface area contributed by atoms with Crippen molar-refractivity contribution in [2.75, 3.05) is 0 Å². The van der Waals surface area contributed by atoms with Crippen molar-refractivity contribution in [2.24, 2.45) is 0 Å². The summed E-state index contributed by atoms with van der Waals surface area (Å²) in [5.74, 6) is 2.30. The van der Waals surface area contributed by atoms with Gasteiger partial charge in [0.1, 0.15) is 44.7 Å². The molecule has 0 fully saturated rings. The second-order valence-corrected chi connectivity index (χ2v) is 25.0. The molecule has 0 unspecified atom stereocenters. The summed E-state index contributed by atoms with van der Waals surface area (Å²) in [4.78, 5) is 26.8. The molecule has 0 aliphatic carbocycles. The molecular formula is C88H51N5O4. The molecule has 0 aliphatic heterocycles. The van der Waals surface area contributed by atoms with E-state index in [2.05, 4.69) is 207 Å². The highest BCUT2D eigenvalue weighted by Gasteiger charge is 2.25. The van der Waals surface area contributed by atoms with Gasteiger partial charge < -0.3 is 17.7 Å². The molecule has 0 saturated heterocycles. The maximum Gasteiger partial charge on any atom is 0.164 e. The molecule has 452 valence electrons. The Bertz CT molecular complexity index is 6660. The van der Waals surface area contributed by atoms with E-state index in [4.69, 9.17) is 42.6 Å². The monoisotopic (exact) mass is 1240 g/mol. The van der Waals surface area contributed by atoms with Gasteiger partial charge in [-0.1, -0.05) is 218 Å². The van der Waals surface area contributed by atoms with E-state index in [0.29, 0.717) is 23.3 Å². The summed E-state index contributed by atoms with van der Waals surface area (Å²) in [6.07, 6.45) is 0. The zero-order chi connectivity index (χ0) is 63.8. The van der Waals surface area contributed by atoms with Crippen molar-refractivity contribution >= 4 is 109 Å². The Hall–Kier alpha value is -13.1. The van der Waals surface area contributed by atoms with E-state index in [1.807, 2.05) is 91.0 Å². The average Bonchev–Trinajstić information content (AvgIpc) is 1.67. The van der Waals surface area contributed by atoms with Crippen LogP contribution in [0, 0.1) is 6.92 Å². The van der Waals surface area contributed by atoms with E-state index >= 15 is 0 Å². The number of fused-ring (bicyclic) bond motifs is 14. The van der Waals surface area contributed by atoms with Crippen molar-refractivity contribution in [1.82, 2.24) is 24.9 Å². The first-order chi connectivity index (χ1) is 47.9. The largest absolute Gasteiger partial charge is 0.456 e. The van der Waals surface area contributed by atoms with Crippen molar-refractivity contribution < 1.29 is 17.7 Å². The Morgan fingerprint density at radius 3 is 1.36 bits per heavy atom. The third kappa shape index (κ3) is 8.90. The van der Waals surface area contributed by atoms with Crippen LogP contribution in [0.3, 0.4) is 0 Å². The number of para-hydroxylation sites is 5. The molecule has 0 radical (unpaired) electrons. The zero-order valence-electron chi connectivity index (χ0n) is 52.1. The number of benzene rings is 14. The minimum atomic E-state index is 0.553. The van der Waals surface area contributed by atoms with E-state index in [9.17, 15) is 0 Å². The normalized spacial score (nSPS) is 12.0. The minimum Gasteiger partial charge on any atom is -0.456 e. The Morgan fingerprint density at radius 1 is 0.216 bits per heavy atom. The quantitative estimate of drug-likeness (QED) is 0.139. The van der Waals surface area contributed by atoms with Crippen LogP contribution in [0.4, 0.5) is 0 Å². The summed E-state index contributed by atoms with van der Waals surface area (Å²) in [7, 11) is 0. The summed E-state index contributed by atoms with van der Waals surface area (Å²) < 4.78 is 26.5. The van der Waals surface area contributed by atoms with Gasteiger partial charge in [-0.25, -0.2) is 24.9 Å². The molecule has 9 heteroatoms. The summed E-state index contributed by atoms with van der Waals surface area (Å²) >= 11 is 0. The van der Waals surface area contributed by atoms with Gasteiger partial charge in [0.15, 0.2) is 23.3 Å². The molecule has 0 spiro atoms. The summed E-state index contributed by atoms with van der Waals surface area (Å²) in [5, 5.41) is 12.5. The predicted octanol–water partition coefficient (Wildman–Crippen LogP) is 23.9. The summed E-state index contributed by atoms with van der Waals surface area (Å²) in [5.41, 5.74) is 20.7. The molecule has 0 saturated carbocycles. The smallest absolute Gasteiger partial charge is 0.164 e. The first kappa shape index (κ1) is 54.4. The SMILES string of the molecule is Cc1c(-c2ccccc2)nc(-c2cc(-c3cccc4c3oc3ccccc34)cc3oc4ccccc4c23)nc1-c1ccc2cc(-c3ccc4ccc(-c5nc(-c6ccccc6)nc(-c6cccc7oc8cc(-c9cccc%10c9oc9ccccc9%10)ccc8c67)n5)cc4c3)ccc2c1. The van der Waals surface area contributed by atoms with Gasteiger partial charge in [0, 0.05) is 93.2 Å². The number of hydrogen-bond donors (Lipinski definition) is 0. The van der Waals surface area contributed by atoms with Crippen molar-refractivity contribution in [3.05, 3.63) is 297 Å². The third-order valence-electron chi connectivity index (χ3n) is 19.3. The summed E-state index contributed by atoms with van der Waals surface area (Å²) in [6, 6.07) is 101. The Kier molecular flexibility index (Phi) is 12.1. The number of rotatable bonds is 9. The van der Waals surface area contributed by atoms with E-state index in [1.54, 1.807) is 0 Å².